The highest BCUT2D eigenvalue weighted by atomic mass is 35.5. The fourth-order valence-corrected chi connectivity index (χ4v) is 2.43. The number of carbonyl (C=O) groups excluding carboxylic acids is 1. The summed E-state index contributed by atoms with van der Waals surface area (Å²) in [4.78, 5) is 15.8. The molecule has 1 heterocycles. The van der Waals surface area contributed by atoms with Gasteiger partial charge in [0, 0.05) is 11.8 Å². The molecule has 0 spiro atoms. The molecule has 1 fully saturated rings. The van der Waals surface area contributed by atoms with Crippen molar-refractivity contribution in [2.75, 3.05) is 0 Å². The highest BCUT2D eigenvalue weighted by molar-refractivity contribution is 6.29. The minimum atomic E-state index is -0.450. The lowest BCUT2D eigenvalue weighted by molar-refractivity contribution is 0.0818. The molecule has 1 aliphatic rings. The van der Waals surface area contributed by atoms with E-state index in [1.54, 1.807) is 6.07 Å². The molecule has 0 radical (unpaired) electrons. The molecule has 1 aromatic rings. The Balaban J connectivity index is 2.01. The third-order valence-corrected chi connectivity index (χ3v) is 3.49. The van der Waals surface area contributed by atoms with Gasteiger partial charge >= 0.3 is 0 Å². The van der Waals surface area contributed by atoms with Crippen molar-refractivity contribution in [3.8, 4) is 0 Å². The molecule has 1 aromatic heterocycles. The molecule has 4 nitrogen and oxygen atoms in total. The first-order valence-corrected chi connectivity index (χ1v) is 6.65. The standard InChI is InChI=1S/C13H17ClN2O2/c14-12-8-9(6-7-15-12)13(18)16-10-4-2-1-3-5-11(10)17/h6-8,10-11,17H,1-5H2,(H,16,18). The topological polar surface area (TPSA) is 62.2 Å². The number of aromatic nitrogens is 1. The average molecular weight is 269 g/mol. The number of aliphatic hydroxyl groups is 1. The molecule has 18 heavy (non-hydrogen) atoms. The molecule has 0 saturated heterocycles. The number of halogens is 1. The number of carbonyl (C=O) groups is 1. The molecule has 0 aromatic carbocycles. The Morgan fingerprint density at radius 3 is 2.94 bits per heavy atom. The van der Waals surface area contributed by atoms with Gasteiger partial charge in [0.05, 0.1) is 12.1 Å². The lowest BCUT2D eigenvalue weighted by Crippen LogP contribution is -2.42. The normalized spacial score (nSPS) is 24.3. The minimum absolute atomic E-state index is 0.160. The number of nitrogens with zero attached hydrogens (tertiary/aromatic N) is 1. The first-order valence-electron chi connectivity index (χ1n) is 6.27. The second-order valence-electron chi connectivity index (χ2n) is 4.65. The number of aliphatic hydroxyl groups excluding tert-OH is 1. The number of rotatable bonds is 2. The summed E-state index contributed by atoms with van der Waals surface area (Å²) in [6, 6.07) is 2.98. The van der Waals surface area contributed by atoms with Crippen LogP contribution in [0.25, 0.3) is 0 Å². The molecule has 98 valence electrons. The van der Waals surface area contributed by atoms with Crippen LogP contribution in [0.3, 0.4) is 0 Å². The van der Waals surface area contributed by atoms with E-state index >= 15 is 0 Å². The van der Waals surface area contributed by atoms with Crippen LogP contribution in [-0.4, -0.2) is 28.1 Å². The maximum atomic E-state index is 12.0. The van der Waals surface area contributed by atoms with E-state index in [0.29, 0.717) is 10.7 Å². The van der Waals surface area contributed by atoms with E-state index in [1.807, 2.05) is 0 Å². The summed E-state index contributed by atoms with van der Waals surface area (Å²) >= 11 is 5.75. The Kier molecular flexibility index (Phi) is 4.55. The fraction of sp³-hybridized carbons (Fsp3) is 0.538. The molecule has 5 heteroatoms. The zero-order valence-electron chi connectivity index (χ0n) is 10.1. The van der Waals surface area contributed by atoms with Gasteiger partial charge in [-0.2, -0.15) is 0 Å². The van der Waals surface area contributed by atoms with Gasteiger partial charge in [0.1, 0.15) is 5.15 Å². The summed E-state index contributed by atoms with van der Waals surface area (Å²) in [6.07, 6.45) is 5.81. The zero-order chi connectivity index (χ0) is 13.0. The van der Waals surface area contributed by atoms with Crippen molar-refractivity contribution in [1.29, 1.82) is 0 Å². The zero-order valence-corrected chi connectivity index (χ0v) is 10.9. The molecular weight excluding hydrogens is 252 g/mol. The predicted octanol–water partition coefficient (Wildman–Crippen LogP) is 2.16. The molecule has 2 atom stereocenters. The highest BCUT2D eigenvalue weighted by Crippen LogP contribution is 2.18. The van der Waals surface area contributed by atoms with Crippen LogP contribution in [-0.2, 0) is 0 Å². The lowest BCUT2D eigenvalue weighted by Gasteiger charge is -2.21. The van der Waals surface area contributed by atoms with E-state index in [4.69, 9.17) is 11.6 Å². The molecule has 1 saturated carbocycles. The third-order valence-electron chi connectivity index (χ3n) is 3.28. The molecule has 2 unspecified atom stereocenters. The van der Waals surface area contributed by atoms with Crippen LogP contribution in [0.2, 0.25) is 5.15 Å². The van der Waals surface area contributed by atoms with Gasteiger partial charge in [0.15, 0.2) is 0 Å². The van der Waals surface area contributed by atoms with Gasteiger partial charge in [0.25, 0.3) is 5.91 Å². The van der Waals surface area contributed by atoms with Crippen LogP contribution in [0.4, 0.5) is 0 Å². The number of hydrogen-bond acceptors (Lipinski definition) is 3. The van der Waals surface area contributed by atoms with E-state index < -0.39 is 6.10 Å². The number of nitrogens with one attached hydrogen (secondary N) is 1. The molecular formula is C13H17ClN2O2. The molecule has 1 amide bonds. The van der Waals surface area contributed by atoms with Crippen molar-refractivity contribution in [3.05, 3.63) is 29.0 Å². The third kappa shape index (κ3) is 3.43. The summed E-state index contributed by atoms with van der Waals surface area (Å²) in [5, 5.41) is 13.1. The van der Waals surface area contributed by atoms with Gasteiger partial charge in [-0.1, -0.05) is 30.9 Å². The Labute approximate surface area is 111 Å². The largest absolute Gasteiger partial charge is 0.391 e. The van der Waals surface area contributed by atoms with Crippen molar-refractivity contribution in [2.45, 2.75) is 44.2 Å². The number of hydrogen-bond donors (Lipinski definition) is 2. The molecule has 0 aliphatic heterocycles. The van der Waals surface area contributed by atoms with Gasteiger partial charge in [-0.15, -0.1) is 0 Å². The van der Waals surface area contributed by atoms with Crippen molar-refractivity contribution in [1.82, 2.24) is 10.3 Å². The van der Waals surface area contributed by atoms with Gasteiger partial charge < -0.3 is 10.4 Å². The highest BCUT2D eigenvalue weighted by Gasteiger charge is 2.23. The van der Waals surface area contributed by atoms with E-state index in [9.17, 15) is 9.90 Å². The maximum Gasteiger partial charge on any atom is 0.251 e. The van der Waals surface area contributed by atoms with Gasteiger partial charge in [-0.3, -0.25) is 4.79 Å². The van der Waals surface area contributed by atoms with Crippen LogP contribution >= 0.6 is 11.6 Å². The van der Waals surface area contributed by atoms with Crippen LogP contribution in [0.1, 0.15) is 42.5 Å². The maximum absolute atomic E-state index is 12.0. The second-order valence-corrected chi connectivity index (χ2v) is 5.04. The summed E-state index contributed by atoms with van der Waals surface area (Å²) in [7, 11) is 0. The van der Waals surface area contributed by atoms with E-state index in [0.717, 1.165) is 32.1 Å². The summed E-state index contributed by atoms with van der Waals surface area (Å²) in [5.41, 5.74) is 0.478. The SMILES string of the molecule is O=C(NC1CCCCCC1O)c1ccnc(Cl)c1. The summed E-state index contributed by atoms with van der Waals surface area (Å²) < 4.78 is 0. The summed E-state index contributed by atoms with van der Waals surface area (Å²) in [6.45, 7) is 0. The van der Waals surface area contributed by atoms with Crippen molar-refractivity contribution >= 4 is 17.5 Å². The lowest BCUT2D eigenvalue weighted by atomic mass is 10.1. The first kappa shape index (κ1) is 13.3. The van der Waals surface area contributed by atoms with E-state index in [2.05, 4.69) is 10.3 Å². The van der Waals surface area contributed by atoms with Gasteiger partial charge in [-0.05, 0) is 25.0 Å². The minimum Gasteiger partial charge on any atom is -0.391 e. The molecule has 2 N–H and O–H groups in total. The smallest absolute Gasteiger partial charge is 0.251 e. The Morgan fingerprint density at radius 2 is 2.17 bits per heavy atom. The van der Waals surface area contributed by atoms with Gasteiger partial charge in [0.2, 0.25) is 0 Å². The summed E-state index contributed by atoms with van der Waals surface area (Å²) in [5.74, 6) is -0.203. The van der Waals surface area contributed by atoms with Crippen molar-refractivity contribution in [2.24, 2.45) is 0 Å². The Hall–Kier alpha value is -1.13. The van der Waals surface area contributed by atoms with Crippen molar-refractivity contribution in [3.63, 3.8) is 0 Å². The number of amides is 1. The molecule has 2 rings (SSSR count). The molecule has 0 bridgehead atoms. The van der Waals surface area contributed by atoms with Crippen LogP contribution in [0.5, 0.6) is 0 Å². The quantitative estimate of drug-likeness (QED) is 0.638. The fourth-order valence-electron chi connectivity index (χ4n) is 2.25. The van der Waals surface area contributed by atoms with Crippen LogP contribution < -0.4 is 5.32 Å². The predicted molar refractivity (Wildman–Crippen MR) is 69.6 cm³/mol. The Bertz CT molecular complexity index is 425. The van der Waals surface area contributed by atoms with E-state index in [-0.39, 0.29) is 11.9 Å². The first-order chi connectivity index (χ1) is 8.66. The van der Waals surface area contributed by atoms with Crippen LogP contribution in [0, 0.1) is 0 Å². The second kappa shape index (κ2) is 6.16. The number of pyridine rings is 1. The average Bonchev–Trinajstić information content (AvgIpc) is 2.55. The van der Waals surface area contributed by atoms with E-state index in [1.165, 1.54) is 12.3 Å². The van der Waals surface area contributed by atoms with Crippen LogP contribution in [0.15, 0.2) is 18.3 Å². The monoisotopic (exact) mass is 268 g/mol. The molecule has 1 aliphatic carbocycles. The Morgan fingerprint density at radius 1 is 1.39 bits per heavy atom. The van der Waals surface area contributed by atoms with Crippen molar-refractivity contribution < 1.29 is 9.90 Å². The van der Waals surface area contributed by atoms with Gasteiger partial charge in [-0.25, -0.2) is 4.98 Å².